The largest absolute Gasteiger partial charge is 0.489 e. The van der Waals surface area contributed by atoms with Crippen LogP contribution in [0.3, 0.4) is 0 Å². The van der Waals surface area contributed by atoms with Gasteiger partial charge in [0.25, 0.3) is 0 Å². The summed E-state index contributed by atoms with van der Waals surface area (Å²) in [6.07, 6.45) is 6.96. The van der Waals surface area contributed by atoms with Crippen LogP contribution in [0.15, 0.2) is 54.7 Å². The Bertz CT molecular complexity index is 1620. The second-order valence-electron chi connectivity index (χ2n) is 12.6. The van der Waals surface area contributed by atoms with Gasteiger partial charge in [0.15, 0.2) is 0 Å². The average molecular weight is 648 g/mol. The molecular weight excluding hydrogens is 601 g/mol. The van der Waals surface area contributed by atoms with E-state index in [1.54, 1.807) is 14.2 Å². The van der Waals surface area contributed by atoms with Crippen molar-refractivity contribution in [1.29, 1.82) is 0 Å². The smallest absolute Gasteiger partial charge is 0.231 e. The number of nitrogens with one attached hydrogen (secondary N) is 3. The van der Waals surface area contributed by atoms with Gasteiger partial charge < -0.3 is 44.3 Å². The van der Waals surface area contributed by atoms with Gasteiger partial charge in [0.2, 0.25) is 14.3 Å². The number of para-hydroxylation sites is 1. The Morgan fingerprint density at radius 3 is 2.52 bits per heavy atom. The summed E-state index contributed by atoms with van der Waals surface area (Å²) in [5, 5.41) is 19.4. The fourth-order valence-electron chi connectivity index (χ4n) is 6.44. The van der Waals surface area contributed by atoms with E-state index in [1.807, 2.05) is 56.4 Å². The maximum absolute atomic E-state index is 10.7. The number of hydrogen-bond acceptors (Lipinski definition) is 10. The summed E-state index contributed by atoms with van der Waals surface area (Å²) in [5.41, 5.74) is 3.01. The second-order valence-corrected chi connectivity index (χ2v) is 14.3. The minimum atomic E-state index is -1.24. The predicted molar refractivity (Wildman–Crippen MR) is 186 cm³/mol. The molecule has 1 saturated carbocycles. The van der Waals surface area contributed by atoms with E-state index in [-0.39, 0.29) is 6.10 Å². The van der Waals surface area contributed by atoms with Crippen LogP contribution in [0.25, 0.3) is 11.0 Å². The Hall–Kier alpha value is -3.47. The van der Waals surface area contributed by atoms with Crippen molar-refractivity contribution < 1.29 is 18.9 Å². The quantitative estimate of drug-likeness (QED) is 0.124. The second kappa shape index (κ2) is 14.1. The number of nitrogens with zero attached hydrogens (tertiary/aromatic N) is 4. The number of piperidine rings is 1. The molecule has 2 fully saturated rings. The van der Waals surface area contributed by atoms with Gasteiger partial charge in [-0.25, -0.2) is 0 Å². The average Bonchev–Trinajstić information content (AvgIpc) is 3.51. The van der Waals surface area contributed by atoms with Gasteiger partial charge in [-0.2, -0.15) is 9.97 Å². The minimum absolute atomic E-state index is 0.0213. The van der Waals surface area contributed by atoms with Crippen molar-refractivity contribution in [2.45, 2.75) is 63.7 Å². The summed E-state index contributed by atoms with van der Waals surface area (Å²) in [6, 6.07) is 16.6. The molecule has 11 nitrogen and oxygen atoms in total. The zero-order valence-corrected chi connectivity index (χ0v) is 28.3. The van der Waals surface area contributed by atoms with Crippen LogP contribution in [0.2, 0.25) is 0 Å². The number of aromatic amines is 1. The number of likely N-dealkylation sites (N-methyl/N-ethyl adjacent to an activating group) is 1. The summed E-state index contributed by atoms with van der Waals surface area (Å²) in [7, 11) is 4.22. The topological polar surface area (TPSA) is 120 Å². The lowest BCUT2D eigenvalue weighted by molar-refractivity contribution is -0.0625. The van der Waals surface area contributed by atoms with Crippen molar-refractivity contribution in [3.8, 4) is 5.75 Å². The van der Waals surface area contributed by atoms with Crippen molar-refractivity contribution in [3.63, 3.8) is 0 Å². The van der Waals surface area contributed by atoms with Crippen molar-refractivity contribution in [2.24, 2.45) is 0 Å². The Morgan fingerprint density at radius 1 is 1.07 bits per heavy atom. The third kappa shape index (κ3) is 7.24. The molecule has 4 aromatic rings. The molecule has 0 unspecified atom stereocenters. The number of aliphatic hydroxyl groups is 1. The standard InChI is InChI=1S/C34H46N7O4P/c1-23(2)45-29-21-24(11-12-28(29)41-19-14-25(15-20-41)40(3)22-34(42)16-8-17-34)36-33-38-31-26(13-18-35-31)32(39-33)37-27-9-6-7-10-30(27)46(43-4)44-5/h6-7,9-13,18,21,23,25,42H,8,14-17,19-20,22H2,1-5H3,(H3,35,36,37,38,39). The van der Waals surface area contributed by atoms with Crippen molar-refractivity contribution in [3.05, 3.63) is 54.7 Å². The maximum Gasteiger partial charge on any atom is 0.231 e. The van der Waals surface area contributed by atoms with E-state index < -0.39 is 14.0 Å². The van der Waals surface area contributed by atoms with Gasteiger partial charge in [0, 0.05) is 57.8 Å². The summed E-state index contributed by atoms with van der Waals surface area (Å²) in [4.78, 5) is 17.6. The molecule has 4 N–H and O–H groups in total. The molecular formula is C34H46N7O4P. The molecule has 0 atom stereocenters. The van der Waals surface area contributed by atoms with Gasteiger partial charge in [-0.15, -0.1) is 0 Å². The fraction of sp³-hybridized carbons (Fsp3) is 0.471. The molecule has 0 radical (unpaired) electrons. The van der Waals surface area contributed by atoms with Crippen LogP contribution in [0, 0.1) is 0 Å². The first-order valence-electron chi connectivity index (χ1n) is 16.1. The number of benzene rings is 2. The molecule has 46 heavy (non-hydrogen) atoms. The molecule has 3 heterocycles. The highest BCUT2D eigenvalue weighted by atomic mass is 31.2. The predicted octanol–water partition coefficient (Wildman–Crippen LogP) is 6.28. The van der Waals surface area contributed by atoms with Gasteiger partial charge >= 0.3 is 0 Å². The van der Waals surface area contributed by atoms with E-state index in [1.165, 1.54) is 0 Å². The number of fused-ring (bicyclic) bond motifs is 1. The molecule has 2 aliphatic rings. The lowest BCUT2D eigenvalue weighted by Crippen LogP contribution is -2.52. The minimum Gasteiger partial charge on any atom is -0.489 e. The van der Waals surface area contributed by atoms with Gasteiger partial charge in [0.1, 0.15) is 17.2 Å². The molecule has 2 aromatic heterocycles. The first-order valence-corrected chi connectivity index (χ1v) is 17.3. The maximum atomic E-state index is 10.7. The molecule has 246 valence electrons. The van der Waals surface area contributed by atoms with Crippen molar-refractivity contribution in [2.75, 3.05) is 56.4 Å². The molecule has 0 amide bonds. The van der Waals surface area contributed by atoms with Gasteiger partial charge in [0.05, 0.1) is 33.8 Å². The summed E-state index contributed by atoms with van der Waals surface area (Å²) < 4.78 is 17.5. The third-order valence-electron chi connectivity index (χ3n) is 8.94. The van der Waals surface area contributed by atoms with Crippen molar-refractivity contribution >= 4 is 53.5 Å². The van der Waals surface area contributed by atoms with E-state index in [0.717, 1.165) is 85.2 Å². The number of rotatable bonds is 13. The molecule has 1 aliphatic heterocycles. The highest BCUT2D eigenvalue weighted by Gasteiger charge is 2.37. The number of H-pyrrole nitrogens is 1. The van der Waals surface area contributed by atoms with Gasteiger partial charge in [-0.05, 0) is 83.3 Å². The van der Waals surface area contributed by atoms with Crippen molar-refractivity contribution in [1.82, 2.24) is 19.9 Å². The SMILES string of the molecule is COP(OC)c1ccccc1Nc1nc(Nc2ccc(N3CCC(N(C)CC4(O)CCC4)CC3)c(OC(C)C)c2)nc2[nH]ccc12. The highest BCUT2D eigenvalue weighted by molar-refractivity contribution is 7.56. The highest BCUT2D eigenvalue weighted by Crippen LogP contribution is 2.39. The number of anilines is 5. The summed E-state index contributed by atoms with van der Waals surface area (Å²) in [6.45, 7) is 6.74. The summed E-state index contributed by atoms with van der Waals surface area (Å²) in [5.74, 6) is 1.95. The number of aromatic nitrogens is 3. The van der Waals surface area contributed by atoms with Crippen LogP contribution in [-0.4, -0.2) is 83.6 Å². The molecule has 2 aromatic carbocycles. The molecule has 1 aliphatic carbocycles. The van der Waals surface area contributed by atoms with E-state index in [9.17, 15) is 5.11 Å². The Labute approximate surface area is 272 Å². The van der Waals surface area contributed by atoms with E-state index in [0.29, 0.717) is 23.5 Å². The summed E-state index contributed by atoms with van der Waals surface area (Å²) >= 11 is 0. The molecule has 0 spiro atoms. The lowest BCUT2D eigenvalue weighted by Gasteiger charge is -2.44. The van der Waals surface area contributed by atoms with E-state index in [4.69, 9.17) is 23.8 Å². The molecule has 1 saturated heterocycles. The molecule has 0 bridgehead atoms. The number of ether oxygens (including phenoxy) is 1. The Morgan fingerprint density at radius 2 is 1.83 bits per heavy atom. The van der Waals surface area contributed by atoms with Crippen LogP contribution in [0.5, 0.6) is 5.75 Å². The van der Waals surface area contributed by atoms with Gasteiger partial charge in [-0.1, -0.05) is 12.1 Å². The Balaban J connectivity index is 1.20. The first kappa shape index (κ1) is 32.5. The van der Waals surface area contributed by atoms with Crippen LogP contribution in [0.1, 0.15) is 46.0 Å². The normalized spacial score (nSPS) is 16.8. The Kier molecular flexibility index (Phi) is 9.96. The van der Waals surface area contributed by atoms with Crippen LogP contribution < -0.4 is 25.6 Å². The van der Waals surface area contributed by atoms with E-state index >= 15 is 0 Å². The number of hydrogen-bond donors (Lipinski definition) is 4. The van der Waals surface area contributed by atoms with Crippen LogP contribution in [0.4, 0.5) is 28.8 Å². The molecule has 12 heteroatoms. The van der Waals surface area contributed by atoms with E-state index in [2.05, 4.69) is 44.6 Å². The molecule has 6 rings (SSSR count). The first-order chi connectivity index (χ1) is 22.2. The van der Waals surface area contributed by atoms with Crippen LogP contribution in [-0.2, 0) is 9.05 Å². The monoisotopic (exact) mass is 647 g/mol. The zero-order chi connectivity index (χ0) is 32.3. The fourth-order valence-corrected chi connectivity index (χ4v) is 7.52. The lowest BCUT2D eigenvalue weighted by atomic mass is 9.79. The third-order valence-corrected chi connectivity index (χ3v) is 10.4. The van der Waals surface area contributed by atoms with Gasteiger partial charge in [-0.3, -0.25) is 0 Å². The van der Waals surface area contributed by atoms with Crippen LogP contribution >= 0.6 is 8.38 Å². The zero-order valence-electron chi connectivity index (χ0n) is 27.4.